The van der Waals surface area contributed by atoms with E-state index in [2.05, 4.69) is 20.4 Å². The van der Waals surface area contributed by atoms with E-state index in [9.17, 15) is 9.59 Å². The highest BCUT2D eigenvalue weighted by Gasteiger charge is 2.30. The zero-order chi connectivity index (χ0) is 22.8. The molecule has 0 spiro atoms. The molecule has 1 aromatic heterocycles. The summed E-state index contributed by atoms with van der Waals surface area (Å²) >= 11 is 1.40. The van der Waals surface area contributed by atoms with Crippen LogP contribution < -0.4 is 19.9 Å². The molecule has 9 heteroatoms. The molecule has 1 saturated heterocycles. The molecule has 174 valence electrons. The Morgan fingerprint density at radius 3 is 2.64 bits per heavy atom. The molecule has 0 radical (unpaired) electrons. The number of aromatic nitrogens is 2. The van der Waals surface area contributed by atoms with Crippen LogP contribution in [0, 0.1) is 12.8 Å². The molecule has 1 aliphatic carbocycles. The normalized spacial score (nSPS) is 18.5. The van der Waals surface area contributed by atoms with Gasteiger partial charge in [0.1, 0.15) is 17.4 Å². The molecule has 1 saturated carbocycles. The van der Waals surface area contributed by atoms with Gasteiger partial charge in [-0.2, -0.15) is 0 Å². The molecule has 2 aromatic rings. The minimum absolute atomic E-state index is 0.0348. The van der Waals surface area contributed by atoms with Crippen molar-refractivity contribution in [3.8, 4) is 5.75 Å². The summed E-state index contributed by atoms with van der Waals surface area (Å²) in [5, 5.41) is 12.5. The molecular formula is C24H29N5O3S. The van der Waals surface area contributed by atoms with E-state index in [0.717, 1.165) is 66.6 Å². The van der Waals surface area contributed by atoms with E-state index in [0.29, 0.717) is 24.9 Å². The van der Waals surface area contributed by atoms with Crippen LogP contribution in [0.2, 0.25) is 0 Å². The van der Waals surface area contributed by atoms with Crippen molar-refractivity contribution < 1.29 is 14.3 Å². The number of thioether (sulfide) groups is 1. The Morgan fingerprint density at radius 1 is 1.09 bits per heavy atom. The van der Waals surface area contributed by atoms with Crippen molar-refractivity contribution in [2.45, 2.75) is 43.7 Å². The van der Waals surface area contributed by atoms with Gasteiger partial charge >= 0.3 is 0 Å². The summed E-state index contributed by atoms with van der Waals surface area (Å²) < 4.78 is 5.68. The Kier molecular flexibility index (Phi) is 6.39. The van der Waals surface area contributed by atoms with Crippen LogP contribution in [0.4, 0.5) is 11.5 Å². The summed E-state index contributed by atoms with van der Waals surface area (Å²) in [5.41, 5.74) is 1.93. The number of aryl methyl sites for hydroxylation is 1. The Labute approximate surface area is 198 Å². The summed E-state index contributed by atoms with van der Waals surface area (Å²) in [5.74, 6) is 2.21. The number of piperidine rings is 1. The standard InChI is InChI=1S/C24H29N5O3S/c1-16-2-5-20-19(14-16)29(12-13-32-20)23(30)15-33-22-7-6-21(26-27-22)28-10-8-17(9-11-28)24(31)25-18-3-4-18/h2,5-7,14,17-18H,3-4,8-13,15H2,1H3,(H,25,31). The number of carbonyl (C=O) groups is 2. The number of carbonyl (C=O) groups excluding carboxylic acids is 2. The van der Waals surface area contributed by atoms with Gasteiger partial charge in [-0.15, -0.1) is 10.2 Å². The summed E-state index contributed by atoms with van der Waals surface area (Å²) in [4.78, 5) is 29.1. The third-order valence-corrected chi connectivity index (χ3v) is 7.27. The Morgan fingerprint density at radius 2 is 1.91 bits per heavy atom. The van der Waals surface area contributed by atoms with Gasteiger partial charge in [-0.25, -0.2) is 0 Å². The molecule has 1 aromatic carbocycles. The second kappa shape index (κ2) is 9.59. The van der Waals surface area contributed by atoms with Crippen molar-refractivity contribution >= 4 is 35.1 Å². The van der Waals surface area contributed by atoms with Crippen LogP contribution in [0.1, 0.15) is 31.2 Å². The number of rotatable bonds is 6. The molecule has 5 rings (SSSR count). The Hall–Kier alpha value is -2.81. The first-order valence-corrected chi connectivity index (χ1v) is 12.6. The average Bonchev–Trinajstić information content (AvgIpc) is 3.66. The van der Waals surface area contributed by atoms with Crippen molar-refractivity contribution in [1.82, 2.24) is 15.5 Å². The average molecular weight is 468 g/mol. The van der Waals surface area contributed by atoms with Crippen LogP contribution in [0.15, 0.2) is 35.4 Å². The highest BCUT2D eigenvalue weighted by molar-refractivity contribution is 7.99. The quantitative estimate of drug-likeness (QED) is 0.654. The van der Waals surface area contributed by atoms with E-state index in [1.807, 2.05) is 37.3 Å². The number of hydrogen-bond donors (Lipinski definition) is 1. The van der Waals surface area contributed by atoms with Crippen LogP contribution in [0.3, 0.4) is 0 Å². The molecule has 1 N–H and O–H groups in total. The van der Waals surface area contributed by atoms with E-state index in [1.165, 1.54) is 11.8 Å². The fraction of sp³-hybridized carbons (Fsp3) is 0.500. The first-order valence-electron chi connectivity index (χ1n) is 11.6. The molecule has 33 heavy (non-hydrogen) atoms. The third kappa shape index (κ3) is 5.24. The first-order chi connectivity index (χ1) is 16.1. The van der Waals surface area contributed by atoms with E-state index in [1.54, 1.807) is 4.90 Å². The number of fused-ring (bicyclic) bond motifs is 1. The fourth-order valence-electron chi connectivity index (χ4n) is 4.28. The molecule has 2 amide bonds. The number of nitrogens with one attached hydrogen (secondary N) is 1. The maximum atomic E-state index is 12.9. The van der Waals surface area contributed by atoms with Crippen molar-refractivity contribution in [2.24, 2.45) is 5.92 Å². The fourth-order valence-corrected chi connectivity index (χ4v) is 4.97. The summed E-state index contributed by atoms with van der Waals surface area (Å²) in [6.07, 6.45) is 3.92. The molecule has 0 bridgehead atoms. The number of anilines is 2. The Bertz CT molecular complexity index is 1020. The SMILES string of the molecule is Cc1ccc2c(c1)N(C(=O)CSc1ccc(N3CCC(C(=O)NC4CC4)CC3)nn1)CCO2. The van der Waals surface area contributed by atoms with Gasteiger partial charge in [-0.1, -0.05) is 17.8 Å². The topological polar surface area (TPSA) is 87.7 Å². The van der Waals surface area contributed by atoms with Gasteiger partial charge < -0.3 is 19.9 Å². The molecule has 3 heterocycles. The summed E-state index contributed by atoms with van der Waals surface area (Å²) in [6.45, 7) is 4.67. The van der Waals surface area contributed by atoms with Gasteiger partial charge in [0.15, 0.2) is 5.82 Å². The second-order valence-corrected chi connectivity index (χ2v) is 9.92. The molecular weight excluding hydrogens is 438 g/mol. The van der Waals surface area contributed by atoms with E-state index < -0.39 is 0 Å². The molecule has 0 atom stereocenters. The third-order valence-electron chi connectivity index (χ3n) is 6.36. The van der Waals surface area contributed by atoms with Gasteiger partial charge in [-0.3, -0.25) is 9.59 Å². The highest BCUT2D eigenvalue weighted by Crippen LogP contribution is 2.33. The van der Waals surface area contributed by atoms with Crippen molar-refractivity contribution in [2.75, 3.05) is 41.8 Å². The largest absolute Gasteiger partial charge is 0.490 e. The lowest BCUT2D eigenvalue weighted by Crippen LogP contribution is -2.41. The van der Waals surface area contributed by atoms with Gasteiger partial charge in [0.2, 0.25) is 11.8 Å². The van der Waals surface area contributed by atoms with Gasteiger partial charge in [0.05, 0.1) is 18.0 Å². The van der Waals surface area contributed by atoms with Crippen LogP contribution in [0.5, 0.6) is 5.75 Å². The van der Waals surface area contributed by atoms with Crippen LogP contribution in [0.25, 0.3) is 0 Å². The van der Waals surface area contributed by atoms with Gasteiger partial charge in [0.25, 0.3) is 0 Å². The molecule has 0 unspecified atom stereocenters. The summed E-state index contributed by atoms with van der Waals surface area (Å²) in [7, 11) is 0. The number of hydrogen-bond acceptors (Lipinski definition) is 7. The van der Waals surface area contributed by atoms with E-state index in [4.69, 9.17) is 4.74 Å². The lowest BCUT2D eigenvalue weighted by molar-refractivity contribution is -0.125. The van der Waals surface area contributed by atoms with Crippen LogP contribution in [-0.2, 0) is 9.59 Å². The second-order valence-electron chi connectivity index (χ2n) is 8.93. The summed E-state index contributed by atoms with van der Waals surface area (Å²) in [6, 6.07) is 10.2. The number of nitrogens with zero attached hydrogens (tertiary/aromatic N) is 4. The predicted molar refractivity (Wildman–Crippen MR) is 128 cm³/mol. The van der Waals surface area contributed by atoms with E-state index in [-0.39, 0.29) is 17.7 Å². The molecule has 8 nitrogen and oxygen atoms in total. The molecule has 3 aliphatic rings. The molecule has 2 aliphatic heterocycles. The molecule has 2 fully saturated rings. The monoisotopic (exact) mass is 467 g/mol. The zero-order valence-electron chi connectivity index (χ0n) is 18.8. The number of ether oxygens (including phenoxy) is 1. The predicted octanol–water partition coefficient (Wildman–Crippen LogP) is 2.80. The first kappa shape index (κ1) is 22.0. The maximum absolute atomic E-state index is 12.9. The highest BCUT2D eigenvalue weighted by atomic mass is 32.2. The smallest absolute Gasteiger partial charge is 0.237 e. The Balaban J connectivity index is 1.12. The van der Waals surface area contributed by atoms with Crippen molar-refractivity contribution in [1.29, 1.82) is 0 Å². The number of amides is 2. The van der Waals surface area contributed by atoms with E-state index >= 15 is 0 Å². The van der Waals surface area contributed by atoms with Crippen molar-refractivity contribution in [3.63, 3.8) is 0 Å². The minimum Gasteiger partial charge on any atom is -0.490 e. The maximum Gasteiger partial charge on any atom is 0.237 e. The lowest BCUT2D eigenvalue weighted by Gasteiger charge is -2.31. The lowest BCUT2D eigenvalue weighted by atomic mass is 9.96. The van der Waals surface area contributed by atoms with Crippen LogP contribution in [-0.4, -0.2) is 60.0 Å². The number of benzene rings is 1. The zero-order valence-corrected chi connectivity index (χ0v) is 19.6. The van der Waals surface area contributed by atoms with Crippen molar-refractivity contribution in [3.05, 3.63) is 35.9 Å². The van der Waals surface area contributed by atoms with Crippen LogP contribution >= 0.6 is 11.8 Å². The van der Waals surface area contributed by atoms with Gasteiger partial charge in [0, 0.05) is 25.0 Å². The minimum atomic E-state index is 0.0348. The van der Waals surface area contributed by atoms with Gasteiger partial charge in [-0.05, 0) is 62.4 Å².